The van der Waals surface area contributed by atoms with Crippen molar-refractivity contribution in [2.24, 2.45) is 0 Å². The standard InChI is InChI=1S/C22H25N3O5.ClH/c1-29-20-11-15-7-9-24-10-8-16(12-19(24)18(15)13-21(20)30-2)23-22(26)14-3-5-17(6-4-14)25(27)28;/h3-6,11,13,16,19H,7-10,12H2,1-2H3,(H,23,26);1H. The lowest BCUT2D eigenvalue weighted by Crippen LogP contribution is -2.48. The largest absolute Gasteiger partial charge is 0.493 e. The molecule has 2 heterocycles. The molecule has 31 heavy (non-hydrogen) atoms. The molecule has 0 radical (unpaired) electrons. The second kappa shape index (κ2) is 9.53. The molecule has 1 N–H and O–H groups in total. The van der Waals surface area contributed by atoms with Gasteiger partial charge in [0.05, 0.1) is 19.1 Å². The Morgan fingerprint density at radius 1 is 1.13 bits per heavy atom. The van der Waals surface area contributed by atoms with E-state index in [4.69, 9.17) is 9.47 Å². The summed E-state index contributed by atoms with van der Waals surface area (Å²) in [4.78, 5) is 25.4. The number of hydrogen-bond donors (Lipinski definition) is 1. The van der Waals surface area contributed by atoms with Gasteiger partial charge in [0.1, 0.15) is 0 Å². The Hall–Kier alpha value is -2.84. The molecule has 2 aromatic rings. The Bertz CT molecular complexity index is 966. The third-order valence-corrected chi connectivity index (χ3v) is 6.06. The van der Waals surface area contributed by atoms with E-state index < -0.39 is 4.92 Å². The lowest BCUT2D eigenvalue weighted by atomic mass is 9.84. The minimum atomic E-state index is -0.471. The Labute approximate surface area is 187 Å². The zero-order chi connectivity index (χ0) is 21.3. The minimum Gasteiger partial charge on any atom is -0.493 e. The smallest absolute Gasteiger partial charge is 0.269 e. The quantitative estimate of drug-likeness (QED) is 0.556. The van der Waals surface area contributed by atoms with Crippen LogP contribution in [0.2, 0.25) is 0 Å². The number of nitro groups is 1. The van der Waals surface area contributed by atoms with Crippen LogP contribution < -0.4 is 14.8 Å². The van der Waals surface area contributed by atoms with Crippen LogP contribution >= 0.6 is 12.4 Å². The Balaban J connectivity index is 0.00000272. The van der Waals surface area contributed by atoms with E-state index in [1.807, 2.05) is 0 Å². The van der Waals surface area contributed by atoms with Crippen LogP contribution in [0.5, 0.6) is 11.5 Å². The van der Waals surface area contributed by atoms with Crippen LogP contribution in [0.25, 0.3) is 0 Å². The Morgan fingerprint density at radius 3 is 2.45 bits per heavy atom. The summed E-state index contributed by atoms with van der Waals surface area (Å²) < 4.78 is 10.9. The number of carbonyl (C=O) groups is 1. The number of halogens is 1. The number of ether oxygens (including phenoxy) is 2. The highest BCUT2D eigenvalue weighted by atomic mass is 35.5. The van der Waals surface area contributed by atoms with Gasteiger partial charge in [0, 0.05) is 42.9 Å². The van der Waals surface area contributed by atoms with Crippen LogP contribution in [0, 0.1) is 10.1 Å². The Morgan fingerprint density at radius 2 is 1.81 bits per heavy atom. The predicted molar refractivity (Wildman–Crippen MR) is 118 cm³/mol. The average molecular weight is 448 g/mol. The van der Waals surface area contributed by atoms with E-state index in [9.17, 15) is 14.9 Å². The lowest BCUT2D eigenvalue weighted by molar-refractivity contribution is -0.384. The summed E-state index contributed by atoms with van der Waals surface area (Å²) in [7, 11) is 3.28. The van der Waals surface area contributed by atoms with Crippen LogP contribution in [0.15, 0.2) is 36.4 Å². The Kier molecular flexibility index (Phi) is 7.02. The highest BCUT2D eigenvalue weighted by Gasteiger charge is 2.35. The number of benzene rings is 2. The number of nitrogens with one attached hydrogen (secondary N) is 1. The van der Waals surface area contributed by atoms with Crippen LogP contribution in [0.4, 0.5) is 5.69 Å². The molecule has 8 nitrogen and oxygen atoms in total. The van der Waals surface area contributed by atoms with Gasteiger partial charge in [0.25, 0.3) is 11.6 Å². The molecule has 0 saturated carbocycles. The number of methoxy groups -OCH3 is 2. The van der Waals surface area contributed by atoms with Gasteiger partial charge in [-0.1, -0.05) is 0 Å². The summed E-state index contributed by atoms with van der Waals surface area (Å²) in [6.07, 6.45) is 2.64. The number of non-ortho nitro benzene ring substituents is 1. The van der Waals surface area contributed by atoms with Crippen molar-refractivity contribution in [3.63, 3.8) is 0 Å². The van der Waals surface area contributed by atoms with Crippen molar-refractivity contribution in [1.82, 2.24) is 10.2 Å². The summed E-state index contributed by atoms with van der Waals surface area (Å²) in [5.74, 6) is 1.25. The van der Waals surface area contributed by atoms with Gasteiger partial charge in [-0.15, -0.1) is 12.4 Å². The van der Waals surface area contributed by atoms with E-state index in [-0.39, 0.29) is 36.1 Å². The maximum Gasteiger partial charge on any atom is 0.269 e. The van der Waals surface area contributed by atoms with E-state index in [1.54, 1.807) is 14.2 Å². The number of fused-ring (bicyclic) bond motifs is 3. The van der Waals surface area contributed by atoms with Gasteiger partial charge in [-0.3, -0.25) is 19.8 Å². The van der Waals surface area contributed by atoms with E-state index in [0.29, 0.717) is 5.56 Å². The fourth-order valence-corrected chi connectivity index (χ4v) is 4.47. The third kappa shape index (κ3) is 4.60. The van der Waals surface area contributed by atoms with Gasteiger partial charge in [0.15, 0.2) is 11.5 Å². The fraction of sp³-hybridized carbons (Fsp3) is 0.409. The van der Waals surface area contributed by atoms with Gasteiger partial charge >= 0.3 is 0 Å². The second-order valence-electron chi connectivity index (χ2n) is 7.71. The highest BCUT2D eigenvalue weighted by molar-refractivity contribution is 5.94. The monoisotopic (exact) mass is 447 g/mol. The van der Waals surface area contributed by atoms with Crippen molar-refractivity contribution < 1.29 is 19.2 Å². The molecule has 1 fully saturated rings. The summed E-state index contributed by atoms with van der Waals surface area (Å²) in [6, 6.07) is 10.1. The van der Waals surface area contributed by atoms with Crippen LogP contribution in [-0.2, 0) is 6.42 Å². The molecule has 2 atom stereocenters. The van der Waals surface area contributed by atoms with Gasteiger partial charge < -0.3 is 14.8 Å². The molecule has 4 rings (SSSR count). The molecule has 2 aliphatic heterocycles. The number of piperidine rings is 1. The number of hydrogen-bond acceptors (Lipinski definition) is 6. The fourth-order valence-electron chi connectivity index (χ4n) is 4.47. The molecule has 0 aromatic heterocycles. The number of rotatable bonds is 5. The van der Waals surface area contributed by atoms with E-state index in [0.717, 1.165) is 43.9 Å². The number of nitro benzene ring substituents is 1. The number of nitrogens with zero attached hydrogens (tertiary/aromatic N) is 2. The predicted octanol–water partition coefficient (Wildman–Crippen LogP) is 3.53. The maximum atomic E-state index is 12.7. The summed E-state index contributed by atoms with van der Waals surface area (Å²) in [6.45, 7) is 1.89. The topological polar surface area (TPSA) is 93.9 Å². The van der Waals surface area contributed by atoms with Gasteiger partial charge in [-0.2, -0.15) is 0 Å². The van der Waals surface area contributed by atoms with Gasteiger partial charge in [-0.05, 0) is 54.7 Å². The zero-order valence-corrected chi connectivity index (χ0v) is 18.3. The first-order valence-electron chi connectivity index (χ1n) is 10.0. The van der Waals surface area contributed by atoms with Crippen molar-refractivity contribution in [3.8, 4) is 11.5 Å². The molecule has 9 heteroatoms. The number of amides is 1. The molecule has 1 saturated heterocycles. The first-order valence-corrected chi connectivity index (χ1v) is 10.0. The zero-order valence-electron chi connectivity index (χ0n) is 17.5. The van der Waals surface area contributed by atoms with Crippen LogP contribution in [0.3, 0.4) is 0 Å². The van der Waals surface area contributed by atoms with E-state index in [2.05, 4.69) is 22.3 Å². The molecule has 2 aliphatic rings. The normalized spacial score (nSPS) is 19.9. The lowest BCUT2D eigenvalue weighted by Gasteiger charge is -2.43. The molecule has 0 spiro atoms. The van der Waals surface area contributed by atoms with Crippen molar-refractivity contribution >= 4 is 24.0 Å². The summed E-state index contributed by atoms with van der Waals surface area (Å²) >= 11 is 0. The molecule has 0 bridgehead atoms. The minimum absolute atomic E-state index is 0. The first-order chi connectivity index (χ1) is 14.5. The molecular weight excluding hydrogens is 422 g/mol. The van der Waals surface area contributed by atoms with Crippen LogP contribution in [-0.4, -0.2) is 49.1 Å². The molecule has 1 amide bonds. The van der Waals surface area contributed by atoms with Crippen molar-refractivity contribution in [2.45, 2.75) is 31.3 Å². The third-order valence-electron chi connectivity index (χ3n) is 6.06. The maximum absolute atomic E-state index is 12.7. The average Bonchev–Trinajstić information content (AvgIpc) is 2.77. The summed E-state index contributed by atoms with van der Waals surface area (Å²) in [5.41, 5.74) is 2.89. The van der Waals surface area contributed by atoms with E-state index >= 15 is 0 Å². The SMILES string of the molecule is COc1cc2c(cc1OC)C1CC(NC(=O)c3ccc([N+](=O)[O-])cc3)CCN1CC2.Cl. The summed E-state index contributed by atoms with van der Waals surface area (Å²) in [5, 5.41) is 13.9. The van der Waals surface area contributed by atoms with Gasteiger partial charge in [0.2, 0.25) is 0 Å². The van der Waals surface area contributed by atoms with Crippen molar-refractivity contribution in [1.29, 1.82) is 0 Å². The van der Waals surface area contributed by atoms with Gasteiger partial charge in [-0.25, -0.2) is 0 Å². The van der Waals surface area contributed by atoms with Crippen LogP contribution in [0.1, 0.15) is 40.4 Å². The van der Waals surface area contributed by atoms with Crippen molar-refractivity contribution in [3.05, 3.63) is 63.2 Å². The highest BCUT2D eigenvalue weighted by Crippen LogP contribution is 2.41. The molecular formula is C22H26ClN3O5. The van der Waals surface area contributed by atoms with E-state index in [1.165, 1.54) is 35.4 Å². The molecule has 2 aromatic carbocycles. The molecule has 0 aliphatic carbocycles. The molecule has 166 valence electrons. The van der Waals surface area contributed by atoms with Crippen molar-refractivity contribution in [2.75, 3.05) is 27.3 Å². The first kappa shape index (κ1) is 22.8. The molecule has 2 unspecified atom stereocenters. The second-order valence-corrected chi connectivity index (χ2v) is 7.71. The number of carbonyl (C=O) groups excluding carboxylic acids is 1.